The Labute approximate surface area is 114 Å². The van der Waals surface area contributed by atoms with Crippen LogP contribution in [0.2, 0.25) is 0 Å². The highest BCUT2D eigenvalue weighted by atomic mass is 16.1. The zero-order valence-corrected chi connectivity index (χ0v) is 11.4. The van der Waals surface area contributed by atoms with Gasteiger partial charge in [0.25, 0.3) is 0 Å². The van der Waals surface area contributed by atoms with Crippen LogP contribution in [0.25, 0.3) is 0 Å². The van der Waals surface area contributed by atoms with Crippen molar-refractivity contribution in [3.8, 4) is 0 Å². The molecule has 0 unspecified atom stereocenters. The second kappa shape index (κ2) is 6.45. The van der Waals surface area contributed by atoms with Gasteiger partial charge in [-0.3, -0.25) is 15.2 Å². The van der Waals surface area contributed by atoms with Gasteiger partial charge in [0.05, 0.1) is 0 Å². The molecule has 102 valence electrons. The number of carbonyl (C=O) groups is 1. The average Bonchev–Trinajstić information content (AvgIpc) is 2.48. The number of hydrogen-bond donors (Lipinski definition) is 2. The summed E-state index contributed by atoms with van der Waals surface area (Å²) in [6, 6.07) is 3.47. The number of amides is 1. The van der Waals surface area contributed by atoms with E-state index in [2.05, 4.69) is 17.2 Å². The van der Waals surface area contributed by atoms with Crippen molar-refractivity contribution in [2.75, 3.05) is 0 Å². The van der Waals surface area contributed by atoms with Gasteiger partial charge in [0.1, 0.15) is 5.84 Å². The van der Waals surface area contributed by atoms with Gasteiger partial charge in [0.15, 0.2) is 0 Å². The van der Waals surface area contributed by atoms with Crippen molar-refractivity contribution in [3.63, 3.8) is 0 Å². The molecule has 0 aromatic carbocycles. The van der Waals surface area contributed by atoms with E-state index in [0.29, 0.717) is 5.56 Å². The number of carbonyl (C=O) groups excluding carboxylic acids is 1. The Morgan fingerprint density at radius 2 is 1.95 bits per heavy atom. The largest absolute Gasteiger partial charge is 0.310 e. The second-order valence-electron chi connectivity index (χ2n) is 5.23. The van der Waals surface area contributed by atoms with Crippen molar-refractivity contribution in [1.29, 1.82) is 5.41 Å². The smallest absolute Gasteiger partial charge is 0.228 e. The molecule has 19 heavy (non-hydrogen) atoms. The molecule has 1 heterocycles. The van der Waals surface area contributed by atoms with Gasteiger partial charge in [-0.05, 0) is 43.7 Å². The average molecular weight is 259 g/mol. The van der Waals surface area contributed by atoms with Gasteiger partial charge in [-0.2, -0.15) is 0 Å². The third-order valence-electron chi connectivity index (χ3n) is 4.01. The third kappa shape index (κ3) is 3.63. The Morgan fingerprint density at radius 1 is 1.32 bits per heavy atom. The Balaban J connectivity index is 1.86. The van der Waals surface area contributed by atoms with Gasteiger partial charge in [-0.25, -0.2) is 0 Å². The predicted molar refractivity (Wildman–Crippen MR) is 74.9 cm³/mol. The van der Waals surface area contributed by atoms with Crippen molar-refractivity contribution in [1.82, 2.24) is 10.3 Å². The lowest BCUT2D eigenvalue weighted by molar-refractivity contribution is -0.124. The molecule has 4 heteroatoms. The normalized spacial score (nSPS) is 22.8. The van der Waals surface area contributed by atoms with Gasteiger partial charge in [0, 0.05) is 23.9 Å². The highest BCUT2D eigenvalue weighted by Gasteiger charge is 2.25. The topological polar surface area (TPSA) is 65.8 Å². The predicted octanol–water partition coefficient (Wildman–Crippen LogP) is 2.74. The first kappa shape index (κ1) is 13.7. The van der Waals surface area contributed by atoms with Crippen molar-refractivity contribution in [3.05, 3.63) is 30.1 Å². The monoisotopic (exact) mass is 259 g/mol. The molecule has 1 amide bonds. The number of rotatable bonds is 3. The van der Waals surface area contributed by atoms with Crippen LogP contribution in [0.4, 0.5) is 0 Å². The van der Waals surface area contributed by atoms with E-state index in [1.807, 2.05) is 0 Å². The van der Waals surface area contributed by atoms with Crippen LogP contribution in [0.5, 0.6) is 0 Å². The first-order valence-corrected chi connectivity index (χ1v) is 7.00. The van der Waals surface area contributed by atoms with Crippen LogP contribution < -0.4 is 5.32 Å². The Hall–Kier alpha value is -1.71. The van der Waals surface area contributed by atoms with E-state index < -0.39 is 0 Å². The number of hydrogen-bond acceptors (Lipinski definition) is 3. The fourth-order valence-corrected chi connectivity index (χ4v) is 2.65. The highest BCUT2D eigenvalue weighted by molar-refractivity contribution is 6.06. The number of amidine groups is 1. The van der Waals surface area contributed by atoms with Crippen LogP contribution in [-0.4, -0.2) is 16.7 Å². The molecule has 0 atom stereocenters. The first-order chi connectivity index (χ1) is 9.20. The zero-order valence-electron chi connectivity index (χ0n) is 11.4. The molecule has 1 aliphatic rings. The molecular formula is C15H21N3O. The van der Waals surface area contributed by atoms with Crippen LogP contribution in [0.15, 0.2) is 24.5 Å². The maximum absolute atomic E-state index is 12.1. The molecule has 0 spiro atoms. The van der Waals surface area contributed by atoms with E-state index in [4.69, 9.17) is 5.41 Å². The van der Waals surface area contributed by atoms with Gasteiger partial charge in [-0.1, -0.05) is 13.3 Å². The number of nitrogens with one attached hydrogen (secondary N) is 2. The molecule has 1 saturated carbocycles. The van der Waals surface area contributed by atoms with Gasteiger partial charge in [0.2, 0.25) is 5.91 Å². The molecule has 1 aromatic heterocycles. The minimum Gasteiger partial charge on any atom is -0.310 e. The van der Waals surface area contributed by atoms with Crippen molar-refractivity contribution in [2.45, 2.75) is 39.0 Å². The van der Waals surface area contributed by atoms with Crippen molar-refractivity contribution < 1.29 is 4.79 Å². The minimum absolute atomic E-state index is 0.00337. The van der Waals surface area contributed by atoms with Crippen molar-refractivity contribution in [2.24, 2.45) is 11.8 Å². The standard InChI is InChI=1S/C15H21N3O/c1-2-11-3-5-13(6-4-11)15(19)18-14(16)12-7-9-17-10-8-12/h7-11,13H,2-6H2,1H3,(H2,16,18,19). The Bertz CT molecular complexity index is 436. The summed E-state index contributed by atoms with van der Waals surface area (Å²) in [5.41, 5.74) is 0.700. The lowest BCUT2D eigenvalue weighted by Crippen LogP contribution is -2.37. The van der Waals surface area contributed by atoms with E-state index in [1.165, 1.54) is 6.42 Å². The molecule has 4 nitrogen and oxygen atoms in total. The van der Waals surface area contributed by atoms with Crippen LogP contribution in [0.3, 0.4) is 0 Å². The second-order valence-corrected chi connectivity index (χ2v) is 5.23. The molecule has 0 aliphatic heterocycles. The van der Waals surface area contributed by atoms with E-state index in [-0.39, 0.29) is 17.7 Å². The fraction of sp³-hybridized carbons (Fsp3) is 0.533. The van der Waals surface area contributed by atoms with Gasteiger partial charge >= 0.3 is 0 Å². The fourth-order valence-electron chi connectivity index (χ4n) is 2.65. The quantitative estimate of drug-likeness (QED) is 0.647. The maximum Gasteiger partial charge on any atom is 0.228 e. The number of nitrogens with zero attached hydrogens (tertiary/aromatic N) is 1. The van der Waals surface area contributed by atoms with Crippen molar-refractivity contribution >= 4 is 11.7 Å². The van der Waals surface area contributed by atoms with Gasteiger partial charge in [-0.15, -0.1) is 0 Å². The Morgan fingerprint density at radius 3 is 2.53 bits per heavy atom. The molecular weight excluding hydrogens is 238 g/mol. The minimum atomic E-state index is -0.00337. The van der Waals surface area contributed by atoms with Crippen LogP contribution in [0.1, 0.15) is 44.6 Å². The summed E-state index contributed by atoms with van der Waals surface area (Å²) in [6.45, 7) is 2.21. The summed E-state index contributed by atoms with van der Waals surface area (Å²) in [5.74, 6) is 1.02. The molecule has 1 aromatic rings. The lowest BCUT2D eigenvalue weighted by Gasteiger charge is -2.26. The third-order valence-corrected chi connectivity index (χ3v) is 4.01. The molecule has 0 bridgehead atoms. The van der Waals surface area contributed by atoms with E-state index in [9.17, 15) is 4.79 Å². The zero-order chi connectivity index (χ0) is 13.7. The lowest BCUT2D eigenvalue weighted by atomic mass is 9.80. The summed E-state index contributed by atoms with van der Waals surface area (Å²) < 4.78 is 0. The number of aromatic nitrogens is 1. The summed E-state index contributed by atoms with van der Waals surface area (Å²) >= 11 is 0. The summed E-state index contributed by atoms with van der Waals surface area (Å²) in [7, 11) is 0. The molecule has 2 rings (SSSR count). The maximum atomic E-state index is 12.1. The highest BCUT2D eigenvalue weighted by Crippen LogP contribution is 2.30. The molecule has 2 N–H and O–H groups in total. The summed E-state index contributed by atoms with van der Waals surface area (Å²) in [4.78, 5) is 16.0. The summed E-state index contributed by atoms with van der Waals surface area (Å²) in [5, 5.41) is 10.6. The molecule has 1 fully saturated rings. The Kier molecular flexibility index (Phi) is 4.66. The molecule has 0 saturated heterocycles. The number of pyridine rings is 1. The van der Waals surface area contributed by atoms with E-state index >= 15 is 0 Å². The van der Waals surface area contributed by atoms with E-state index in [0.717, 1.165) is 31.6 Å². The SMILES string of the molecule is CCC1CCC(C(=O)NC(=N)c2ccncc2)CC1. The van der Waals surface area contributed by atoms with Crippen LogP contribution in [0, 0.1) is 17.2 Å². The van der Waals surface area contributed by atoms with Crippen LogP contribution in [-0.2, 0) is 4.79 Å². The van der Waals surface area contributed by atoms with Gasteiger partial charge < -0.3 is 5.32 Å². The van der Waals surface area contributed by atoms with Crippen LogP contribution >= 0.6 is 0 Å². The molecule has 1 aliphatic carbocycles. The molecule has 0 radical (unpaired) electrons. The van der Waals surface area contributed by atoms with E-state index in [1.54, 1.807) is 24.5 Å². The first-order valence-electron chi connectivity index (χ1n) is 7.00. The summed E-state index contributed by atoms with van der Waals surface area (Å²) in [6.07, 6.45) is 8.64.